The van der Waals surface area contributed by atoms with Crippen molar-refractivity contribution in [2.24, 2.45) is 0 Å². The highest BCUT2D eigenvalue weighted by Gasteiger charge is 2.40. The first kappa shape index (κ1) is 12.7. The van der Waals surface area contributed by atoms with E-state index >= 15 is 0 Å². The molecule has 4 atom stereocenters. The second-order valence-electron chi connectivity index (χ2n) is 3.46. The van der Waals surface area contributed by atoms with Crippen molar-refractivity contribution >= 4 is 11.6 Å². The van der Waals surface area contributed by atoms with Crippen LogP contribution in [0.3, 0.4) is 0 Å². The predicted molar refractivity (Wildman–Crippen MR) is 56.6 cm³/mol. The Balaban J connectivity index is 3.17. The Morgan fingerprint density at radius 2 is 1.87 bits per heavy atom. The molecule has 0 saturated carbocycles. The molecule has 1 aliphatic rings. The van der Waals surface area contributed by atoms with E-state index in [0.29, 0.717) is 5.57 Å². The molecule has 4 nitrogen and oxygen atoms in total. The zero-order chi connectivity index (χ0) is 11.6. The highest BCUT2D eigenvalue weighted by molar-refractivity contribution is 6.21. The second-order valence-corrected chi connectivity index (χ2v) is 3.97. The van der Waals surface area contributed by atoms with Crippen molar-refractivity contribution in [3.8, 4) is 0 Å². The molecule has 0 aromatic heterocycles. The van der Waals surface area contributed by atoms with E-state index in [0.717, 1.165) is 0 Å². The average Bonchev–Trinajstić information content (AvgIpc) is 2.24. The van der Waals surface area contributed by atoms with Gasteiger partial charge < -0.3 is 20.4 Å². The van der Waals surface area contributed by atoms with E-state index in [1.165, 1.54) is 0 Å². The summed E-state index contributed by atoms with van der Waals surface area (Å²) in [6.07, 6.45) is -0.341. The molecule has 0 aromatic carbocycles. The first-order valence-corrected chi connectivity index (χ1v) is 5.13. The summed E-state index contributed by atoms with van der Waals surface area (Å²) in [7, 11) is 0. The quantitative estimate of drug-likeness (QED) is 0.488. The lowest BCUT2D eigenvalue weighted by Gasteiger charge is -2.34. The van der Waals surface area contributed by atoms with Crippen LogP contribution >= 0.6 is 11.6 Å². The summed E-state index contributed by atoms with van der Waals surface area (Å²) in [6, 6.07) is 0. The molecular formula is C10H15ClO4. The van der Waals surface area contributed by atoms with Crippen molar-refractivity contribution in [2.45, 2.75) is 30.6 Å². The molecule has 0 fully saturated rings. The van der Waals surface area contributed by atoms with Gasteiger partial charge in [-0.25, -0.2) is 0 Å². The molecule has 0 amide bonds. The summed E-state index contributed by atoms with van der Waals surface area (Å²) in [5, 5.41) is 37.0. The van der Waals surface area contributed by atoms with Gasteiger partial charge in [-0.1, -0.05) is 12.2 Å². The monoisotopic (exact) mass is 234 g/mol. The number of aliphatic hydroxyl groups is 4. The van der Waals surface area contributed by atoms with Gasteiger partial charge >= 0.3 is 0 Å². The molecule has 5 heteroatoms. The van der Waals surface area contributed by atoms with Gasteiger partial charge in [-0.05, 0) is 18.1 Å². The summed E-state index contributed by atoms with van der Waals surface area (Å²) in [4.78, 5) is 0. The van der Waals surface area contributed by atoms with E-state index < -0.39 is 30.3 Å². The Bertz CT molecular complexity index is 287. The van der Waals surface area contributed by atoms with E-state index in [9.17, 15) is 15.3 Å². The van der Waals surface area contributed by atoms with Crippen molar-refractivity contribution < 1.29 is 20.4 Å². The molecule has 0 aromatic rings. The zero-order valence-electron chi connectivity index (χ0n) is 8.34. The van der Waals surface area contributed by atoms with Crippen LogP contribution in [0, 0.1) is 0 Å². The minimum Gasteiger partial charge on any atom is -0.392 e. The topological polar surface area (TPSA) is 80.9 Å². The van der Waals surface area contributed by atoms with Crippen LogP contribution < -0.4 is 0 Å². The molecule has 0 aliphatic heterocycles. The number of alkyl halides is 1. The third-order valence-electron chi connectivity index (χ3n) is 2.51. The van der Waals surface area contributed by atoms with Crippen molar-refractivity contribution in [1.82, 2.24) is 0 Å². The van der Waals surface area contributed by atoms with Crippen molar-refractivity contribution in [3.05, 3.63) is 23.3 Å². The predicted octanol–water partition coefficient (Wildman–Crippen LogP) is -0.445. The maximum absolute atomic E-state index is 9.69. The third-order valence-corrected chi connectivity index (χ3v) is 3.01. The SMILES string of the molecule is CC=CC1=C(CO)C(O)C(Cl)C(O)C1O. The van der Waals surface area contributed by atoms with Gasteiger partial charge in [-0.15, -0.1) is 11.6 Å². The average molecular weight is 235 g/mol. The highest BCUT2D eigenvalue weighted by Crippen LogP contribution is 2.30. The molecule has 0 saturated heterocycles. The fraction of sp³-hybridized carbons (Fsp3) is 0.600. The van der Waals surface area contributed by atoms with Gasteiger partial charge in [0.1, 0.15) is 12.2 Å². The van der Waals surface area contributed by atoms with Crippen LogP contribution in [0.15, 0.2) is 23.3 Å². The van der Waals surface area contributed by atoms with Crippen molar-refractivity contribution in [2.75, 3.05) is 6.61 Å². The maximum Gasteiger partial charge on any atom is 0.107 e. The van der Waals surface area contributed by atoms with Gasteiger partial charge in [-0.2, -0.15) is 0 Å². The Morgan fingerprint density at radius 3 is 2.33 bits per heavy atom. The van der Waals surface area contributed by atoms with Crippen LogP contribution in [0.25, 0.3) is 0 Å². The number of hydrogen-bond donors (Lipinski definition) is 4. The fourth-order valence-corrected chi connectivity index (χ4v) is 1.96. The fourth-order valence-electron chi connectivity index (χ4n) is 1.67. The van der Waals surface area contributed by atoms with Crippen LogP contribution in [0.5, 0.6) is 0 Å². The molecule has 4 unspecified atom stereocenters. The van der Waals surface area contributed by atoms with E-state index in [1.807, 2.05) is 0 Å². The molecule has 0 spiro atoms. The van der Waals surface area contributed by atoms with Crippen LogP contribution in [0.4, 0.5) is 0 Å². The summed E-state index contributed by atoms with van der Waals surface area (Å²) >= 11 is 5.72. The number of hydrogen-bond acceptors (Lipinski definition) is 4. The first-order chi connectivity index (χ1) is 7.04. The number of aliphatic hydroxyl groups excluding tert-OH is 4. The standard InChI is InChI=1S/C10H15ClO4/c1-2-3-5-6(4-12)8(13)7(11)10(15)9(5)14/h2-3,7-10,12-15H,4H2,1H3. The summed E-state index contributed by atoms with van der Waals surface area (Å²) < 4.78 is 0. The molecule has 15 heavy (non-hydrogen) atoms. The van der Waals surface area contributed by atoms with Crippen LogP contribution in [-0.4, -0.2) is 50.7 Å². The van der Waals surface area contributed by atoms with E-state index in [-0.39, 0.29) is 5.57 Å². The normalized spacial score (nSPS) is 37.7. The first-order valence-electron chi connectivity index (χ1n) is 4.69. The largest absolute Gasteiger partial charge is 0.392 e. The second kappa shape index (κ2) is 5.09. The van der Waals surface area contributed by atoms with Crippen LogP contribution in [0.2, 0.25) is 0 Å². The Morgan fingerprint density at radius 1 is 1.27 bits per heavy atom. The Labute approximate surface area is 93.1 Å². The number of allylic oxidation sites excluding steroid dienone is 1. The van der Waals surface area contributed by atoms with Gasteiger partial charge in [0.15, 0.2) is 0 Å². The molecule has 0 bridgehead atoms. The van der Waals surface area contributed by atoms with E-state index in [4.69, 9.17) is 16.7 Å². The van der Waals surface area contributed by atoms with E-state index in [2.05, 4.69) is 0 Å². The third kappa shape index (κ3) is 2.24. The summed E-state index contributed by atoms with van der Waals surface area (Å²) in [5.41, 5.74) is 0.586. The van der Waals surface area contributed by atoms with Crippen LogP contribution in [-0.2, 0) is 0 Å². The lowest BCUT2D eigenvalue weighted by molar-refractivity contribution is 0.00161. The summed E-state index contributed by atoms with van der Waals surface area (Å²) in [6.45, 7) is 1.34. The van der Waals surface area contributed by atoms with E-state index in [1.54, 1.807) is 19.1 Å². The summed E-state index contributed by atoms with van der Waals surface area (Å²) in [5.74, 6) is 0. The highest BCUT2D eigenvalue weighted by atomic mass is 35.5. The molecular weight excluding hydrogens is 220 g/mol. The van der Waals surface area contributed by atoms with Gasteiger partial charge in [0.05, 0.1) is 18.1 Å². The van der Waals surface area contributed by atoms with Gasteiger partial charge in [-0.3, -0.25) is 0 Å². The van der Waals surface area contributed by atoms with Crippen molar-refractivity contribution in [1.29, 1.82) is 0 Å². The number of rotatable bonds is 2. The van der Waals surface area contributed by atoms with Crippen LogP contribution in [0.1, 0.15) is 6.92 Å². The lowest BCUT2D eigenvalue weighted by Crippen LogP contribution is -2.48. The number of halogens is 1. The van der Waals surface area contributed by atoms with Gasteiger partial charge in [0.25, 0.3) is 0 Å². The minimum atomic E-state index is -1.23. The Kier molecular flexibility index (Phi) is 4.31. The molecule has 86 valence electrons. The van der Waals surface area contributed by atoms with Gasteiger partial charge in [0.2, 0.25) is 0 Å². The minimum absolute atomic E-state index is 0.255. The Hall–Kier alpha value is -0.390. The molecule has 0 radical (unpaired) electrons. The molecule has 4 N–H and O–H groups in total. The zero-order valence-corrected chi connectivity index (χ0v) is 9.09. The molecule has 1 aliphatic carbocycles. The molecule has 0 heterocycles. The van der Waals surface area contributed by atoms with Gasteiger partial charge in [0, 0.05) is 0 Å². The molecule has 1 rings (SSSR count). The maximum atomic E-state index is 9.69. The van der Waals surface area contributed by atoms with Crippen molar-refractivity contribution in [3.63, 3.8) is 0 Å². The smallest absolute Gasteiger partial charge is 0.107 e. The lowest BCUT2D eigenvalue weighted by atomic mass is 9.85.